The van der Waals surface area contributed by atoms with Crippen LogP contribution in [0.25, 0.3) is 88.4 Å². The first-order chi connectivity index (χ1) is 31.1. The lowest BCUT2D eigenvalue weighted by atomic mass is 9.95. The van der Waals surface area contributed by atoms with E-state index in [4.69, 9.17) is 0 Å². The summed E-state index contributed by atoms with van der Waals surface area (Å²) in [7, 11) is 0. The smallest absolute Gasteiger partial charge is 0.308 e. The van der Waals surface area contributed by atoms with E-state index in [-0.39, 0.29) is 11.6 Å². The number of para-hydroxylation sites is 2. The molecule has 0 fully saturated rings. The van der Waals surface area contributed by atoms with Gasteiger partial charge < -0.3 is 9.13 Å². The van der Waals surface area contributed by atoms with Crippen LogP contribution in [0.1, 0.15) is 38.9 Å². The lowest BCUT2D eigenvalue weighted by Gasteiger charge is -2.19. The fourth-order valence-electron chi connectivity index (χ4n) is 9.40. The molecule has 0 aliphatic heterocycles. The Morgan fingerprint density at radius 3 is 1.51 bits per heavy atom. The maximum Gasteiger partial charge on any atom is 0.417 e. The van der Waals surface area contributed by atoms with Crippen LogP contribution in [0, 0.1) is 43.4 Å². The van der Waals surface area contributed by atoms with E-state index in [2.05, 4.69) is 73.0 Å². The molecule has 0 bridgehead atoms. The minimum absolute atomic E-state index is 0.0747. The number of hydrogen-bond acceptors (Lipinski definition) is 2. The number of aromatic nitrogens is 2. The fourth-order valence-corrected chi connectivity index (χ4v) is 9.40. The second-order valence-electron chi connectivity index (χ2n) is 16.4. The van der Waals surface area contributed by atoms with Crippen molar-refractivity contribution in [1.82, 2.24) is 9.13 Å². The summed E-state index contributed by atoms with van der Waals surface area (Å²) in [6.07, 6.45) is -10.0. The molecule has 65 heavy (non-hydrogen) atoms. The van der Waals surface area contributed by atoms with Crippen molar-refractivity contribution in [3.8, 4) is 56.9 Å². The molecule has 0 aliphatic rings. The van der Waals surface area contributed by atoms with Gasteiger partial charge in [0.05, 0.1) is 56.2 Å². The van der Waals surface area contributed by atoms with Gasteiger partial charge in [-0.3, -0.25) is 0 Å². The average Bonchev–Trinajstić information content (AvgIpc) is 3.79. The molecule has 2 aromatic heterocycles. The summed E-state index contributed by atoms with van der Waals surface area (Å²) in [6, 6.07) is 48.5. The summed E-state index contributed by atoms with van der Waals surface area (Å²) >= 11 is 0. The topological polar surface area (TPSA) is 57.4 Å². The van der Waals surface area contributed by atoms with Crippen molar-refractivity contribution in [3.63, 3.8) is 0 Å². The Bertz CT molecular complexity index is 3700. The van der Waals surface area contributed by atoms with Gasteiger partial charge in [-0.1, -0.05) is 84.4 Å². The van der Waals surface area contributed by atoms with E-state index in [1.807, 2.05) is 66.1 Å². The van der Waals surface area contributed by atoms with Crippen molar-refractivity contribution in [2.24, 2.45) is 0 Å². The molecule has 0 aliphatic carbocycles. The Balaban J connectivity index is 1.28. The van der Waals surface area contributed by atoms with Crippen LogP contribution in [0.5, 0.6) is 0 Å². The molecule has 0 saturated carbocycles. The molecule has 316 valence electrons. The van der Waals surface area contributed by atoms with Crippen molar-refractivity contribution in [2.45, 2.75) is 33.1 Å². The lowest BCUT2D eigenvalue weighted by Crippen LogP contribution is -2.12. The van der Waals surface area contributed by atoms with Crippen LogP contribution in [0.2, 0.25) is 0 Å². The van der Waals surface area contributed by atoms with E-state index < -0.39 is 29.0 Å². The largest absolute Gasteiger partial charge is 0.417 e. The van der Waals surface area contributed by atoms with Crippen LogP contribution in [-0.4, -0.2) is 9.13 Å². The van der Waals surface area contributed by atoms with Gasteiger partial charge in [0.15, 0.2) is 0 Å². The number of aryl methyl sites for hydroxylation is 3. The Morgan fingerprint density at radius 1 is 0.431 bits per heavy atom. The first-order valence-electron chi connectivity index (χ1n) is 20.7. The van der Waals surface area contributed by atoms with Gasteiger partial charge in [0, 0.05) is 21.5 Å². The van der Waals surface area contributed by atoms with Gasteiger partial charge >= 0.3 is 12.4 Å². The summed E-state index contributed by atoms with van der Waals surface area (Å²) in [6.45, 7) is 6.06. The highest BCUT2D eigenvalue weighted by Crippen LogP contribution is 2.45. The summed E-state index contributed by atoms with van der Waals surface area (Å²) < 4.78 is 88.4. The van der Waals surface area contributed by atoms with Crippen LogP contribution < -0.4 is 0 Å². The van der Waals surface area contributed by atoms with E-state index in [1.165, 1.54) is 6.07 Å². The Kier molecular flexibility index (Phi) is 9.47. The monoisotopic (exact) mass is 864 g/mol. The maximum atomic E-state index is 14.5. The third kappa shape index (κ3) is 6.86. The summed E-state index contributed by atoms with van der Waals surface area (Å²) in [5.41, 5.74) is 8.32. The normalized spacial score (nSPS) is 12.0. The molecule has 10 rings (SSSR count). The van der Waals surface area contributed by atoms with Crippen LogP contribution in [0.15, 0.2) is 152 Å². The molecule has 8 aromatic carbocycles. The molecule has 0 spiro atoms. The minimum atomic E-state index is -5.08. The number of nitriles is 2. The molecular weight excluding hydrogens is 831 g/mol. The molecule has 0 amide bonds. The van der Waals surface area contributed by atoms with E-state index in [0.717, 1.165) is 61.3 Å². The van der Waals surface area contributed by atoms with E-state index >= 15 is 0 Å². The second-order valence-corrected chi connectivity index (χ2v) is 16.4. The molecular formula is C55H34F6N4. The van der Waals surface area contributed by atoms with Crippen molar-refractivity contribution in [1.29, 1.82) is 10.5 Å². The highest BCUT2D eigenvalue weighted by molar-refractivity contribution is 6.12. The number of hydrogen-bond donors (Lipinski definition) is 0. The molecule has 0 radical (unpaired) electrons. The molecule has 0 atom stereocenters. The van der Waals surface area contributed by atoms with Crippen LogP contribution in [-0.2, 0) is 12.4 Å². The van der Waals surface area contributed by atoms with Gasteiger partial charge in [-0.2, -0.15) is 36.9 Å². The second kappa shape index (κ2) is 15.0. The van der Waals surface area contributed by atoms with Gasteiger partial charge in [0.2, 0.25) is 0 Å². The van der Waals surface area contributed by atoms with Crippen molar-refractivity contribution >= 4 is 43.6 Å². The third-order valence-corrected chi connectivity index (χ3v) is 12.2. The predicted octanol–water partition coefficient (Wildman–Crippen LogP) is 15.6. The molecule has 2 heterocycles. The standard InChI is InChI=1S/C55H34F6N4/c1-31-12-16-40(33(3)20-31)35-13-18-50-44(24-35)42-8-4-6-10-48(42)64(50)52-26-38(37-22-32(2)21-34(23-37)29-62)27-53(46(52)30-63)65-49-11-7-5-9-43(49)45-25-36(14-19-51(45)65)41-17-15-39(54(56,57)58)28-47(41)55(59,60)61/h4-28H,1-3H3. The first-order valence-corrected chi connectivity index (χ1v) is 20.7. The van der Waals surface area contributed by atoms with E-state index in [9.17, 15) is 36.9 Å². The van der Waals surface area contributed by atoms with Crippen LogP contribution in [0.3, 0.4) is 0 Å². The number of rotatable bonds is 5. The number of nitrogens with zero attached hydrogens (tertiary/aromatic N) is 4. The minimum Gasteiger partial charge on any atom is -0.308 e. The zero-order valence-corrected chi connectivity index (χ0v) is 35.0. The van der Waals surface area contributed by atoms with Gasteiger partial charge in [0.25, 0.3) is 0 Å². The summed E-state index contributed by atoms with van der Waals surface area (Å²) in [5.74, 6) is 0. The Hall–Kier alpha value is -8.08. The number of benzene rings is 8. The lowest BCUT2D eigenvalue weighted by molar-refractivity contribution is -0.142. The molecule has 0 unspecified atom stereocenters. The zero-order chi connectivity index (χ0) is 45.5. The zero-order valence-electron chi connectivity index (χ0n) is 35.0. The third-order valence-electron chi connectivity index (χ3n) is 12.2. The predicted molar refractivity (Wildman–Crippen MR) is 245 cm³/mol. The number of fused-ring (bicyclic) bond motifs is 6. The number of halogens is 6. The van der Waals surface area contributed by atoms with Crippen molar-refractivity contribution < 1.29 is 26.3 Å². The summed E-state index contributed by atoms with van der Waals surface area (Å²) in [5, 5.41) is 24.6. The molecule has 0 saturated heterocycles. The van der Waals surface area contributed by atoms with Crippen LogP contribution >= 0.6 is 0 Å². The molecule has 10 aromatic rings. The van der Waals surface area contributed by atoms with Gasteiger partial charge in [-0.25, -0.2) is 0 Å². The number of alkyl halides is 6. The first kappa shape index (κ1) is 41.0. The van der Waals surface area contributed by atoms with Crippen molar-refractivity contribution in [3.05, 3.63) is 191 Å². The fraction of sp³-hybridized carbons (Fsp3) is 0.0909. The molecule has 0 N–H and O–H groups in total. The van der Waals surface area contributed by atoms with E-state index in [1.54, 1.807) is 30.3 Å². The van der Waals surface area contributed by atoms with Gasteiger partial charge in [-0.15, -0.1) is 0 Å². The highest BCUT2D eigenvalue weighted by Gasteiger charge is 2.38. The highest BCUT2D eigenvalue weighted by atomic mass is 19.4. The average molecular weight is 865 g/mol. The molecule has 10 heteroatoms. The Labute approximate surface area is 369 Å². The SMILES string of the molecule is Cc1cc(C#N)cc(-c2cc(-n3c4ccccc4c4cc(-c5ccc(C)cc5C)ccc43)c(C#N)c(-n3c4ccccc4c4cc(-c5ccc(C(F)(F)F)cc5C(F)(F)F)ccc43)c2)c1. The maximum absolute atomic E-state index is 14.5. The Morgan fingerprint density at radius 2 is 0.969 bits per heavy atom. The van der Waals surface area contributed by atoms with Crippen LogP contribution in [0.4, 0.5) is 26.3 Å². The summed E-state index contributed by atoms with van der Waals surface area (Å²) in [4.78, 5) is 0. The van der Waals surface area contributed by atoms with Gasteiger partial charge in [-0.05, 0) is 138 Å². The van der Waals surface area contributed by atoms with E-state index in [0.29, 0.717) is 55.9 Å². The van der Waals surface area contributed by atoms with Gasteiger partial charge in [0.1, 0.15) is 11.6 Å². The molecule has 4 nitrogen and oxygen atoms in total. The van der Waals surface area contributed by atoms with Crippen molar-refractivity contribution in [2.75, 3.05) is 0 Å². The quantitative estimate of drug-likeness (QED) is 0.162.